The third-order valence-electron chi connectivity index (χ3n) is 5.39. The van der Waals surface area contributed by atoms with Crippen LogP contribution in [0.2, 0.25) is 0 Å². The maximum atomic E-state index is 13.0. The number of likely N-dealkylation sites (tertiary alicyclic amines) is 1. The molecule has 0 aliphatic carbocycles. The van der Waals surface area contributed by atoms with Crippen LogP contribution in [0, 0.1) is 5.92 Å². The number of carbonyl (C=O) groups excluding carboxylic acids is 2. The van der Waals surface area contributed by atoms with Crippen molar-refractivity contribution in [2.75, 3.05) is 18.4 Å². The Morgan fingerprint density at radius 3 is 2.50 bits per heavy atom. The highest BCUT2D eigenvalue weighted by atomic mass is 32.2. The van der Waals surface area contributed by atoms with Crippen LogP contribution in [0.3, 0.4) is 0 Å². The molecular weight excluding hydrogens is 378 g/mol. The van der Waals surface area contributed by atoms with Crippen molar-refractivity contribution < 1.29 is 18.0 Å². The topological polar surface area (TPSA) is 95.6 Å². The van der Waals surface area contributed by atoms with Crippen molar-refractivity contribution >= 4 is 27.5 Å². The van der Waals surface area contributed by atoms with E-state index in [0.717, 1.165) is 24.8 Å². The highest BCUT2D eigenvalue weighted by molar-refractivity contribution is 7.89. The third kappa shape index (κ3) is 4.72. The molecule has 2 heterocycles. The predicted molar refractivity (Wildman–Crippen MR) is 107 cm³/mol. The van der Waals surface area contributed by atoms with Crippen LogP contribution in [0.25, 0.3) is 0 Å². The maximum absolute atomic E-state index is 13.0. The van der Waals surface area contributed by atoms with E-state index in [2.05, 4.69) is 10.0 Å². The average molecular weight is 408 g/mol. The molecule has 1 aromatic rings. The zero-order chi connectivity index (χ0) is 20.3. The van der Waals surface area contributed by atoms with Crippen LogP contribution in [-0.2, 0) is 26.0 Å². The fourth-order valence-corrected chi connectivity index (χ4v) is 5.12. The summed E-state index contributed by atoms with van der Waals surface area (Å²) < 4.78 is 28.6. The van der Waals surface area contributed by atoms with Gasteiger partial charge in [0.1, 0.15) is 6.04 Å². The Morgan fingerprint density at radius 2 is 1.82 bits per heavy atom. The Morgan fingerprint density at radius 1 is 1.11 bits per heavy atom. The second-order valence-corrected chi connectivity index (χ2v) is 9.66. The van der Waals surface area contributed by atoms with E-state index in [9.17, 15) is 18.0 Å². The first-order valence-corrected chi connectivity index (χ1v) is 11.5. The third-order valence-corrected chi connectivity index (χ3v) is 6.83. The number of nitrogens with zero attached hydrogens (tertiary/aromatic N) is 1. The van der Waals surface area contributed by atoms with Crippen molar-refractivity contribution in [3.63, 3.8) is 0 Å². The molecule has 0 aromatic heterocycles. The number of rotatable bonds is 5. The molecule has 1 aromatic carbocycles. The lowest BCUT2D eigenvalue weighted by atomic mass is 10.0. The summed E-state index contributed by atoms with van der Waals surface area (Å²) in [5, 5.41) is 2.81. The number of nitrogens with one attached hydrogen (secondary N) is 2. The van der Waals surface area contributed by atoms with Crippen molar-refractivity contribution in [3.8, 4) is 0 Å². The molecule has 2 N–H and O–H groups in total. The number of fused-ring (bicyclic) bond motifs is 1. The molecule has 1 fully saturated rings. The zero-order valence-electron chi connectivity index (χ0n) is 16.5. The SMILES string of the molecule is CC(C)[C@@H](NS(=O)(=O)c1ccc2c(c1)CCCC(=O)N2)C(=O)N1CCCCC1. The molecule has 2 aliphatic rings. The molecule has 154 valence electrons. The lowest BCUT2D eigenvalue weighted by Gasteiger charge is -2.32. The Bertz CT molecular complexity index is 845. The van der Waals surface area contributed by atoms with Gasteiger partial charge in [-0.2, -0.15) is 4.72 Å². The van der Waals surface area contributed by atoms with Crippen molar-refractivity contribution in [1.82, 2.24) is 9.62 Å². The molecule has 2 aliphatic heterocycles. The molecule has 8 heteroatoms. The normalized spacial score (nSPS) is 19.0. The predicted octanol–water partition coefficient (Wildman–Crippen LogP) is 2.28. The van der Waals surface area contributed by atoms with Gasteiger partial charge in [-0.1, -0.05) is 13.8 Å². The lowest BCUT2D eigenvalue weighted by molar-refractivity contribution is -0.134. The average Bonchev–Trinajstić information content (AvgIpc) is 2.86. The van der Waals surface area contributed by atoms with Gasteiger partial charge in [0.05, 0.1) is 4.90 Å². The Balaban J connectivity index is 1.82. The van der Waals surface area contributed by atoms with Crippen LogP contribution in [-0.4, -0.2) is 44.3 Å². The first kappa shape index (κ1) is 20.8. The first-order chi connectivity index (χ1) is 13.3. The number of benzene rings is 1. The van der Waals surface area contributed by atoms with E-state index >= 15 is 0 Å². The Hall–Kier alpha value is -1.93. The van der Waals surface area contributed by atoms with Gasteiger partial charge < -0.3 is 10.2 Å². The summed E-state index contributed by atoms with van der Waals surface area (Å²) in [6.07, 6.45) is 4.76. The van der Waals surface area contributed by atoms with Gasteiger partial charge in [-0.25, -0.2) is 8.42 Å². The number of piperidine rings is 1. The molecular formula is C20H29N3O4S. The van der Waals surface area contributed by atoms with E-state index < -0.39 is 16.1 Å². The second kappa shape index (κ2) is 8.61. The minimum absolute atomic E-state index is 0.0560. The first-order valence-electron chi connectivity index (χ1n) is 10.0. The molecule has 28 heavy (non-hydrogen) atoms. The molecule has 0 saturated carbocycles. The smallest absolute Gasteiger partial charge is 0.241 e. The van der Waals surface area contributed by atoms with Gasteiger partial charge in [0.2, 0.25) is 21.8 Å². The molecule has 0 radical (unpaired) electrons. The fraction of sp³-hybridized carbons (Fsp3) is 0.600. The molecule has 1 saturated heterocycles. The monoisotopic (exact) mass is 407 g/mol. The standard InChI is InChI=1S/C20H29N3O4S/c1-14(2)19(20(25)23-11-4-3-5-12-23)22-28(26,27)16-9-10-17-15(13-16)7-6-8-18(24)21-17/h9-10,13-14,19,22H,3-8,11-12H2,1-2H3,(H,21,24)/t19-/m1/s1. The van der Waals surface area contributed by atoms with E-state index in [4.69, 9.17) is 0 Å². The van der Waals surface area contributed by atoms with Crippen LogP contribution in [0.1, 0.15) is 51.5 Å². The van der Waals surface area contributed by atoms with Gasteiger partial charge in [-0.15, -0.1) is 0 Å². The maximum Gasteiger partial charge on any atom is 0.241 e. The van der Waals surface area contributed by atoms with Crippen molar-refractivity contribution in [2.45, 2.75) is 63.3 Å². The summed E-state index contributed by atoms with van der Waals surface area (Å²) in [5.41, 5.74) is 1.46. The summed E-state index contributed by atoms with van der Waals surface area (Å²) in [7, 11) is -3.86. The van der Waals surface area contributed by atoms with Crippen LogP contribution >= 0.6 is 0 Å². The van der Waals surface area contributed by atoms with E-state index in [1.807, 2.05) is 13.8 Å². The van der Waals surface area contributed by atoms with E-state index in [0.29, 0.717) is 38.0 Å². The number of anilines is 1. The molecule has 0 bridgehead atoms. The van der Waals surface area contributed by atoms with Crippen LogP contribution in [0.4, 0.5) is 5.69 Å². The highest BCUT2D eigenvalue weighted by Gasteiger charge is 2.32. The molecule has 3 rings (SSSR count). The Labute approximate surface area is 166 Å². The summed E-state index contributed by atoms with van der Waals surface area (Å²) >= 11 is 0. The minimum Gasteiger partial charge on any atom is -0.341 e. The molecule has 7 nitrogen and oxygen atoms in total. The summed E-state index contributed by atoms with van der Waals surface area (Å²) in [4.78, 5) is 26.5. The summed E-state index contributed by atoms with van der Waals surface area (Å²) in [6.45, 7) is 5.06. The van der Waals surface area contributed by atoms with Gasteiger partial charge in [-0.3, -0.25) is 9.59 Å². The van der Waals surface area contributed by atoms with Crippen molar-refractivity contribution in [1.29, 1.82) is 0 Å². The molecule has 1 atom stereocenters. The number of hydrogen-bond acceptors (Lipinski definition) is 4. The zero-order valence-corrected chi connectivity index (χ0v) is 17.3. The van der Waals surface area contributed by atoms with Crippen LogP contribution < -0.4 is 10.0 Å². The second-order valence-electron chi connectivity index (χ2n) is 7.95. The van der Waals surface area contributed by atoms with Crippen molar-refractivity contribution in [2.24, 2.45) is 5.92 Å². The van der Waals surface area contributed by atoms with Crippen LogP contribution in [0.15, 0.2) is 23.1 Å². The molecule has 0 unspecified atom stereocenters. The van der Waals surface area contributed by atoms with Gasteiger partial charge >= 0.3 is 0 Å². The number of aryl methyl sites for hydroxylation is 1. The molecule has 2 amide bonds. The summed E-state index contributed by atoms with van der Waals surface area (Å²) in [6, 6.07) is 3.92. The number of sulfonamides is 1. The van der Waals surface area contributed by atoms with Gasteiger partial charge in [-0.05, 0) is 61.8 Å². The van der Waals surface area contributed by atoms with Gasteiger partial charge in [0, 0.05) is 25.2 Å². The summed E-state index contributed by atoms with van der Waals surface area (Å²) in [5.74, 6) is -0.371. The Kier molecular flexibility index (Phi) is 6.40. The highest BCUT2D eigenvalue weighted by Crippen LogP contribution is 2.25. The fourth-order valence-electron chi connectivity index (χ4n) is 3.74. The number of carbonyl (C=O) groups is 2. The largest absolute Gasteiger partial charge is 0.341 e. The van der Waals surface area contributed by atoms with Crippen molar-refractivity contribution in [3.05, 3.63) is 23.8 Å². The minimum atomic E-state index is -3.86. The molecule has 0 spiro atoms. The van der Waals surface area contributed by atoms with E-state index in [1.165, 1.54) is 6.07 Å². The van der Waals surface area contributed by atoms with Crippen LogP contribution in [0.5, 0.6) is 0 Å². The van der Waals surface area contributed by atoms with E-state index in [-0.39, 0.29) is 22.6 Å². The number of amides is 2. The quantitative estimate of drug-likeness (QED) is 0.783. The van der Waals surface area contributed by atoms with Gasteiger partial charge in [0.25, 0.3) is 0 Å². The van der Waals surface area contributed by atoms with E-state index in [1.54, 1.807) is 17.0 Å². The van der Waals surface area contributed by atoms with Gasteiger partial charge in [0.15, 0.2) is 0 Å². The lowest BCUT2D eigenvalue weighted by Crippen LogP contribution is -2.52. The number of hydrogen-bond donors (Lipinski definition) is 2.